The van der Waals surface area contributed by atoms with Crippen LogP contribution in [0.25, 0.3) is 0 Å². The lowest BCUT2D eigenvalue weighted by Crippen LogP contribution is -2.36. The van der Waals surface area contributed by atoms with Crippen molar-refractivity contribution in [3.63, 3.8) is 0 Å². The van der Waals surface area contributed by atoms with Crippen LogP contribution >= 0.6 is 0 Å². The summed E-state index contributed by atoms with van der Waals surface area (Å²) in [5, 5.41) is 5.01. The molecule has 1 amide bonds. The zero-order valence-corrected chi connectivity index (χ0v) is 14.7. The van der Waals surface area contributed by atoms with E-state index in [1.165, 1.54) is 6.20 Å². The average molecular weight is 405 g/mol. The normalized spacial score (nSPS) is 13.3. The highest BCUT2D eigenvalue weighted by Gasteiger charge is 2.18. The Balaban J connectivity index is 1.83. The molecule has 29 heavy (non-hydrogen) atoms. The van der Waals surface area contributed by atoms with Crippen LogP contribution in [-0.2, 0) is 23.9 Å². The predicted octanol–water partition coefficient (Wildman–Crippen LogP) is -2.45. The minimum Gasteiger partial charge on any atom is -0.457 e. The minimum atomic E-state index is -1.08. The van der Waals surface area contributed by atoms with Crippen LogP contribution in [0.5, 0.6) is 0 Å². The van der Waals surface area contributed by atoms with Gasteiger partial charge in [-0.2, -0.15) is 0 Å². The summed E-state index contributed by atoms with van der Waals surface area (Å²) in [6, 6.07) is 0. The van der Waals surface area contributed by atoms with E-state index in [4.69, 9.17) is 10.5 Å². The lowest BCUT2D eigenvalue weighted by atomic mass is 10.2. The Hall–Kier alpha value is -4.42. The number of Topliss-reactive ketones (excluding diaryl/α,β-unsaturated/α-hetero) is 1. The highest BCUT2D eigenvalue weighted by Crippen LogP contribution is 2.03. The molecule has 0 bridgehead atoms. The maximum absolute atomic E-state index is 11.9. The van der Waals surface area contributed by atoms with E-state index in [-0.39, 0.29) is 18.0 Å². The molecule has 0 radical (unpaired) electrons. The van der Waals surface area contributed by atoms with E-state index in [2.05, 4.69) is 21.9 Å². The third kappa shape index (κ3) is 5.78. The largest absolute Gasteiger partial charge is 0.457 e. The SMILES string of the molecule is C=C1NC=C(COC(=O)/C=C/C(=O)OCC(=O)c2c(N)[nH]c(=O)[nH]c2=O)C(=O)N1. The molecule has 0 aromatic carbocycles. The van der Waals surface area contributed by atoms with Crippen LogP contribution in [0.1, 0.15) is 10.4 Å². The van der Waals surface area contributed by atoms with Crippen LogP contribution < -0.4 is 27.6 Å². The number of aromatic nitrogens is 2. The van der Waals surface area contributed by atoms with E-state index >= 15 is 0 Å². The molecule has 152 valence electrons. The number of hydrogen-bond donors (Lipinski definition) is 5. The molecule has 1 aromatic rings. The molecule has 6 N–H and O–H groups in total. The van der Waals surface area contributed by atoms with Gasteiger partial charge in [-0.3, -0.25) is 24.4 Å². The maximum atomic E-state index is 11.9. The van der Waals surface area contributed by atoms with Crippen LogP contribution in [0.2, 0.25) is 0 Å². The number of aromatic amines is 2. The Morgan fingerprint density at radius 3 is 2.34 bits per heavy atom. The molecular weight excluding hydrogens is 390 g/mol. The average Bonchev–Trinajstić information content (AvgIpc) is 2.63. The summed E-state index contributed by atoms with van der Waals surface area (Å²) < 4.78 is 9.37. The number of nitrogens with two attached hydrogens (primary N) is 1. The smallest absolute Gasteiger partial charge is 0.331 e. The molecule has 1 aromatic heterocycles. The van der Waals surface area contributed by atoms with Gasteiger partial charge in [0.1, 0.15) is 23.8 Å². The van der Waals surface area contributed by atoms with Gasteiger partial charge in [-0.25, -0.2) is 14.4 Å². The van der Waals surface area contributed by atoms with Crippen LogP contribution in [0, 0.1) is 0 Å². The number of ether oxygens (including phenoxy) is 2. The molecule has 0 atom stereocenters. The van der Waals surface area contributed by atoms with Crippen LogP contribution in [0.3, 0.4) is 0 Å². The molecule has 1 aliphatic rings. The Kier molecular flexibility index (Phi) is 6.47. The topological polar surface area (TPSA) is 203 Å². The fourth-order valence-electron chi connectivity index (χ4n) is 1.97. The van der Waals surface area contributed by atoms with Crippen molar-refractivity contribution in [1.82, 2.24) is 20.6 Å². The first-order valence-corrected chi connectivity index (χ1v) is 7.80. The van der Waals surface area contributed by atoms with E-state index < -0.39 is 52.9 Å². The lowest BCUT2D eigenvalue weighted by molar-refractivity contribution is -0.139. The van der Waals surface area contributed by atoms with Gasteiger partial charge in [0, 0.05) is 18.4 Å². The van der Waals surface area contributed by atoms with Gasteiger partial charge in [0.25, 0.3) is 11.5 Å². The van der Waals surface area contributed by atoms with E-state index in [1.54, 1.807) is 0 Å². The van der Waals surface area contributed by atoms with E-state index in [0.717, 1.165) is 6.08 Å². The second kappa shape index (κ2) is 8.98. The van der Waals surface area contributed by atoms with Crippen LogP contribution in [0.4, 0.5) is 5.82 Å². The van der Waals surface area contributed by atoms with Crippen molar-refractivity contribution in [2.24, 2.45) is 0 Å². The number of ketones is 1. The van der Waals surface area contributed by atoms with E-state index in [1.807, 2.05) is 9.97 Å². The fourth-order valence-corrected chi connectivity index (χ4v) is 1.97. The molecule has 0 fully saturated rings. The first kappa shape index (κ1) is 20.9. The number of nitrogens with one attached hydrogen (secondary N) is 4. The molecule has 13 heteroatoms. The Morgan fingerprint density at radius 1 is 1.07 bits per heavy atom. The highest BCUT2D eigenvalue weighted by atomic mass is 16.5. The van der Waals surface area contributed by atoms with Crippen molar-refractivity contribution >= 4 is 29.4 Å². The summed E-state index contributed by atoms with van der Waals surface area (Å²) >= 11 is 0. The van der Waals surface area contributed by atoms with Crippen molar-refractivity contribution in [2.45, 2.75) is 0 Å². The zero-order chi connectivity index (χ0) is 21.6. The molecular formula is C16H15N5O8. The Morgan fingerprint density at radius 2 is 1.72 bits per heavy atom. The fraction of sp³-hybridized carbons (Fsp3) is 0.125. The number of esters is 2. The number of carbonyl (C=O) groups excluding carboxylic acids is 4. The summed E-state index contributed by atoms with van der Waals surface area (Å²) in [5.41, 5.74) is 3.00. The van der Waals surface area contributed by atoms with E-state index in [0.29, 0.717) is 6.08 Å². The molecule has 0 saturated carbocycles. The molecule has 0 aliphatic carbocycles. The van der Waals surface area contributed by atoms with Crippen molar-refractivity contribution in [1.29, 1.82) is 0 Å². The number of H-pyrrole nitrogens is 2. The molecule has 1 aliphatic heterocycles. The van der Waals surface area contributed by atoms with Crippen molar-refractivity contribution < 1.29 is 28.7 Å². The first-order chi connectivity index (χ1) is 13.7. The lowest BCUT2D eigenvalue weighted by Gasteiger charge is -2.16. The number of carbonyl (C=O) groups is 4. The van der Waals surface area contributed by atoms with Crippen molar-refractivity contribution in [3.8, 4) is 0 Å². The Bertz CT molecular complexity index is 1060. The van der Waals surface area contributed by atoms with Crippen LogP contribution in [-0.4, -0.2) is 46.8 Å². The van der Waals surface area contributed by atoms with Gasteiger partial charge >= 0.3 is 17.6 Å². The molecule has 0 unspecified atom stereocenters. The summed E-state index contributed by atoms with van der Waals surface area (Å²) in [4.78, 5) is 73.0. The van der Waals surface area contributed by atoms with E-state index in [9.17, 15) is 28.8 Å². The first-order valence-electron chi connectivity index (χ1n) is 7.80. The molecule has 2 rings (SSSR count). The molecule has 13 nitrogen and oxygen atoms in total. The molecule has 2 heterocycles. The van der Waals surface area contributed by atoms with Gasteiger partial charge in [-0.05, 0) is 0 Å². The molecule has 0 spiro atoms. The van der Waals surface area contributed by atoms with Crippen molar-refractivity contribution in [2.75, 3.05) is 18.9 Å². The number of rotatable bonds is 7. The predicted molar refractivity (Wildman–Crippen MR) is 96.0 cm³/mol. The quantitative estimate of drug-likeness (QED) is 0.184. The summed E-state index contributed by atoms with van der Waals surface area (Å²) in [6.45, 7) is 2.26. The standard InChI is InChI=1S/C16H15N5O8/c1-7-18-4-8(14(25)19-7)5-28-10(23)2-3-11(24)29-6-9(22)12-13(17)20-16(27)21-15(12)26/h2-4,18H,1,5-6H2,(H,19,25)(H4,17,20,21,26,27)/b3-2+. The summed E-state index contributed by atoms with van der Waals surface area (Å²) in [7, 11) is 0. The number of hydrogen-bond acceptors (Lipinski definition) is 10. The van der Waals surface area contributed by atoms with Crippen LogP contribution in [0.15, 0.2) is 45.9 Å². The maximum Gasteiger partial charge on any atom is 0.331 e. The third-order valence-corrected chi connectivity index (χ3v) is 3.30. The van der Waals surface area contributed by atoms with Gasteiger partial charge in [0.15, 0.2) is 6.61 Å². The molecule has 0 saturated heterocycles. The Labute approximate surface area is 161 Å². The van der Waals surface area contributed by atoms with Gasteiger partial charge in [0.2, 0.25) is 5.78 Å². The third-order valence-electron chi connectivity index (χ3n) is 3.30. The monoisotopic (exact) mass is 405 g/mol. The minimum absolute atomic E-state index is 0.121. The number of anilines is 1. The van der Waals surface area contributed by atoms with Gasteiger partial charge < -0.3 is 25.8 Å². The second-order valence-electron chi connectivity index (χ2n) is 5.42. The summed E-state index contributed by atoms with van der Waals surface area (Å²) in [5.74, 6) is -3.70. The zero-order valence-electron chi connectivity index (χ0n) is 14.7. The van der Waals surface area contributed by atoms with Crippen molar-refractivity contribution in [3.05, 3.63) is 62.7 Å². The van der Waals surface area contributed by atoms with Gasteiger partial charge in [-0.15, -0.1) is 0 Å². The highest BCUT2D eigenvalue weighted by molar-refractivity contribution is 6.02. The summed E-state index contributed by atoms with van der Waals surface area (Å²) in [6.07, 6.45) is 2.72. The number of nitrogen functional groups attached to an aromatic ring is 1. The van der Waals surface area contributed by atoms with Gasteiger partial charge in [-0.1, -0.05) is 6.58 Å². The second-order valence-corrected chi connectivity index (χ2v) is 5.42. The van der Waals surface area contributed by atoms with Gasteiger partial charge in [0.05, 0.1) is 5.57 Å². The number of amides is 1.